The van der Waals surface area contributed by atoms with Crippen LogP contribution < -0.4 is 4.90 Å². The smallest absolute Gasteiger partial charge is 0.293 e. The maximum Gasteiger partial charge on any atom is 0.293 e. The van der Waals surface area contributed by atoms with Gasteiger partial charge in [0.2, 0.25) is 0 Å². The van der Waals surface area contributed by atoms with Crippen LogP contribution in [0.3, 0.4) is 0 Å². The van der Waals surface area contributed by atoms with E-state index in [1.807, 2.05) is 16.8 Å². The second-order valence-electron chi connectivity index (χ2n) is 4.67. The molecule has 0 aliphatic heterocycles. The topological polar surface area (TPSA) is 80.5 Å². The molecule has 2 rings (SSSR count). The summed E-state index contributed by atoms with van der Waals surface area (Å²) >= 11 is 1.55. The summed E-state index contributed by atoms with van der Waals surface area (Å²) < 4.78 is 23.0. The van der Waals surface area contributed by atoms with Gasteiger partial charge < -0.3 is 4.90 Å². The largest absolute Gasteiger partial charge is 0.365 e. The number of nitro groups is 1. The fourth-order valence-electron chi connectivity index (χ4n) is 1.94. The van der Waals surface area contributed by atoms with E-state index < -0.39 is 14.8 Å². The van der Waals surface area contributed by atoms with Crippen LogP contribution in [-0.4, -0.2) is 26.6 Å². The predicted molar refractivity (Wildman–Crippen MR) is 82.6 cm³/mol. The van der Waals surface area contributed by atoms with Gasteiger partial charge in [-0.05, 0) is 34.5 Å². The predicted octanol–water partition coefficient (Wildman–Crippen LogP) is 2.70. The average Bonchev–Trinajstić information content (AvgIpc) is 2.89. The number of sulfone groups is 1. The standard InChI is InChI=1S/C13H14N2O4S2/c1-14(8-10-5-6-20-9-10)12-4-3-11(21(2,18)19)7-13(12)15(16)17/h3-7,9H,8H2,1-2H3. The lowest BCUT2D eigenvalue weighted by molar-refractivity contribution is -0.384. The first-order valence-electron chi connectivity index (χ1n) is 6.00. The van der Waals surface area contributed by atoms with E-state index >= 15 is 0 Å². The number of nitro benzene ring substituents is 1. The Bertz CT molecular complexity index is 754. The highest BCUT2D eigenvalue weighted by Gasteiger charge is 2.21. The van der Waals surface area contributed by atoms with Crippen LogP contribution in [0.4, 0.5) is 11.4 Å². The van der Waals surface area contributed by atoms with Crippen molar-refractivity contribution < 1.29 is 13.3 Å². The van der Waals surface area contributed by atoms with Gasteiger partial charge in [-0.1, -0.05) is 0 Å². The zero-order valence-electron chi connectivity index (χ0n) is 11.5. The Morgan fingerprint density at radius 2 is 2.05 bits per heavy atom. The van der Waals surface area contributed by atoms with Gasteiger partial charge in [-0.25, -0.2) is 8.42 Å². The molecular formula is C13H14N2O4S2. The Labute approximate surface area is 126 Å². The molecular weight excluding hydrogens is 312 g/mol. The van der Waals surface area contributed by atoms with Crippen LogP contribution in [-0.2, 0) is 16.4 Å². The zero-order valence-corrected chi connectivity index (χ0v) is 13.1. The number of nitrogens with zero attached hydrogens (tertiary/aromatic N) is 2. The van der Waals surface area contributed by atoms with Crippen molar-refractivity contribution in [2.75, 3.05) is 18.2 Å². The molecule has 0 spiro atoms. The quantitative estimate of drug-likeness (QED) is 0.623. The summed E-state index contributed by atoms with van der Waals surface area (Å²) in [6.45, 7) is 0.516. The van der Waals surface area contributed by atoms with Gasteiger partial charge in [0, 0.05) is 25.9 Å². The second-order valence-corrected chi connectivity index (χ2v) is 7.46. The normalized spacial score (nSPS) is 11.3. The minimum atomic E-state index is -3.47. The molecule has 6 nitrogen and oxygen atoms in total. The van der Waals surface area contributed by atoms with Gasteiger partial charge in [0.1, 0.15) is 5.69 Å². The maximum atomic E-state index is 11.5. The molecule has 8 heteroatoms. The summed E-state index contributed by atoms with van der Waals surface area (Å²) in [4.78, 5) is 12.3. The van der Waals surface area contributed by atoms with Crippen LogP contribution >= 0.6 is 11.3 Å². The Morgan fingerprint density at radius 1 is 1.33 bits per heavy atom. The lowest BCUT2D eigenvalue weighted by Crippen LogP contribution is -2.17. The number of hydrogen-bond acceptors (Lipinski definition) is 6. The second kappa shape index (κ2) is 5.82. The fourth-order valence-corrected chi connectivity index (χ4v) is 3.25. The molecule has 0 saturated heterocycles. The lowest BCUT2D eigenvalue weighted by atomic mass is 10.2. The molecule has 0 saturated carbocycles. The molecule has 0 aliphatic carbocycles. The maximum absolute atomic E-state index is 11.5. The number of benzene rings is 1. The molecule has 112 valence electrons. The average molecular weight is 326 g/mol. The minimum Gasteiger partial charge on any atom is -0.365 e. The van der Waals surface area contributed by atoms with Crippen LogP contribution in [0.1, 0.15) is 5.56 Å². The molecule has 0 amide bonds. The van der Waals surface area contributed by atoms with Crippen LogP contribution in [0.5, 0.6) is 0 Å². The van der Waals surface area contributed by atoms with Gasteiger partial charge in [-0.15, -0.1) is 0 Å². The molecule has 1 aromatic heterocycles. The van der Waals surface area contributed by atoms with Gasteiger partial charge >= 0.3 is 0 Å². The van der Waals surface area contributed by atoms with Crippen molar-refractivity contribution >= 4 is 32.5 Å². The molecule has 2 aromatic rings. The molecule has 0 aliphatic rings. The van der Waals surface area contributed by atoms with E-state index in [0.717, 1.165) is 17.9 Å². The summed E-state index contributed by atoms with van der Waals surface area (Å²) in [5, 5.41) is 15.1. The highest BCUT2D eigenvalue weighted by molar-refractivity contribution is 7.90. The number of rotatable bonds is 5. The van der Waals surface area contributed by atoms with Gasteiger partial charge in [-0.2, -0.15) is 11.3 Å². The monoisotopic (exact) mass is 326 g/mol. The van der Waals surface area contributed by atoms with Crippen molar-refractivity contribution in [1.82, 2.24) is 0 Å². The molecule has 0 bridgehead atoms. The first kappa shape index (κ1) is 15.5. The SMILES string of the molecule is CN(Cc1ccsc1)c1ccc(S(C)(=O)=O)cc1[N+](=O)[O-]. The number of thiophene rings is 1. The van der Waals surface area contributed by atoms with Crippen molar-refractivity contribution in [3.8, 4) is 0 Å². The van der Waals surface area contributed by atoms with Crippen LogP contribution in [0.2, 0.25) is 0 Å². The third-order valence-corrected chi connectivity index (χ3v) is 4.83. The van der Waals surface area contributed by atoms with Crippen LogP contribution in [0, 0.1) is 10.1 Å². The first-order valence-corrected chi connectivity index (χ1v) is 8.83. The van der Waals surface area contributed by atoms with Crippen LogP contribution in [0.25, 0.3) is 0 Å². The van der Waals surface area contributed by atoms with E-state index in [1.165, 1.54) is 12.1 Å². The zero-order chi connectivity index (χ0) is 15.6. The molecule has 1 aromatic carbocycles. The summed E-state index contributed by atoms with van der Waals surface area (Å²) in [7, 11) is -1.74. The molecule has 0 unspecified atom stereocenters. The molecule has 0 radical (unpaired) electrons. The van der Waals surface area contributed by atoms with Gasteiger partial charge in [0.05, 0.1) is 9.82 Å². The molecule has 0 atom stereocenters. The Balaban J connectivity index is 2.41. The van der Waals surface area contributed by atoms with Crippen molar-refractivity contribution in [3.63, 3.8) is 0 Å². The number of hydrogen-bond donors (Lipinski definition) is 0. The molecule has 0 fully saturated rings. The van der Waals surface area contributed by atoms with E-state index in [4.69, 9.17) is 0 Å². The minimum absolute atomic E-state index is 0.0538. The Hall–Kier alpha value is -1.93. The lowest BCUT2D eigenvalue weighted by Gasteiger charge is -2.18. The Kier molecular flexibility index (Phi) is 4.29. The molecule has 1 heterocycles. The van der Waals surface area contributed by atoms with Crippen molar-refractivity contribution in [1.29, 1.82) is 0 Å². The van der Waals surface area contributed by atoms with E-state index in [9.17, 15) is 18.5 Å². The third kappa shape index (κ3) is 3.59. The van der Waals surface area contributed by atoms with Gasteiger partial charge in [0.25, 0.3) is 5.69 Å². The van der Waals surface area contributed by atoms with Crippen molar-refractivity contribution in [2.45, 2.75) is 11.4 Å². The van der Waals surface area contributed by atoms with E-state index in [1.54, 1.807) is 23.3 Å². The van der Waals surface area contributed by atoms with Gasteiger partial charge in [-0.3, -0.25) is 10.1 Å². The Morgan fingerprint density at radius 3 is 2.57 bits per heavy atom. The summed E-state index contributed by atoms with van der Waals surface area (Å²) in [6.07, 6.45) is 1.03. The van der Waals surface area contributed by atoms with Crippen molar-refractivity contribution in [3.05, 3.63) is 50.7 Å². The highest BCUT2D eigenvalue weighted by atomic mass is 32.2. The van der Waals surface area contributed by atoms with Crippen LogP contribution in [0.15, 0.2) is 39.9 Å². The summed E-state index contributed by atoms with van der Waals surface area (Å²) in [6, 6.07) is 5.91. The first-order chi connectivity index (χ1) is 9.79. The molecule has 21 heavy (non-hydrogen) atoms. The molecule has 0 N–H and O–H groups in total. The van der Waals surface area contributed by atoms with E-state index in [-0.39, 0.29) is 10.6 Å². The highest BCUT2D eigenvalue weighted by Crippen LogP contribution is 2.31. The number of anilines is 1. The summed E-state index contributed by atoms with van der Waals surface area (Å²) in [5.41, 5.74) is 1.22. The fraction of sp³-hybridized carbons (Fsp3) is 0.231. The van der Waals surface area contributed by atoms with Gasteiger partial charge in [0.15, 0.2) is 9.84 Å². The van der Waals surface area contributed by atoms with E-state index in [0.29, 0.717) is 12.2 Å². The summed E-state index contributed by atoms with van der Waals surface area (Å²) in [5.74, 6) is 0. The van der Waals surface area contributed by atoms with Crippen molar-refractivity contribution in [2.24, 2.45) is 0 Å². The third-order valence-electron chi connectivity index (χ3n) is 2.98. The van der Waals surface area contributed by atoms with E-state index in [2.05, 4.69) is 0 Å².